The Kier molecular flexibility index (Phi) is 8.09. The molecule has 0 atom stereocenters. The normalized spacial score (nSPS) is 10.3. The van der Waals surface area contributed by atoms with Crippen LogP contribution in [0.15, 0.2) is 24.3 Å². The molecule has 2 N–H and O–H groups in total. The van der Waals surface area contributed by atoms with Gasteiger partial charge in [-0.2, -0.15) is 0 Å². The number of nitrogens with one attached hydrogen (secondary N) is 1. The number of aryl methyl sites for hydroxylation is 1. The van der Waals surface area contributed by atoms with Crippen LogP contribution in [0, 0.1) is 5.82 Å². The van der Waals surface area contributed by atoms with E-state index in [0.717, 1.165) is 31.2 Å². The summed E-state index contributed by atoms with van der Waals surface area (Å²) in [4.78, 5) is 21.9. The van der Waals surface area contributed by atoms with E-state index in [1.807, 2.05) is 0 Å². The molecule has 0 aliphatic carbocycles. The van der Waals surface area contributed by atoms with Crippen LogP contribution in [0.4, 0.5) is 4.39 Å². The number of amides is 1. The average molecular weight is 295 g/mol. The zero-order valence-electron chi connectivity index (χ0n) is 12.1. The van der Waals surface area contributed by atoms with E-state index in [2.05, 4.69) is 5.32 Å². The number of hydrogen-bond donors (Lipinski definition) is 2. The highest BCUT2D eigenvalue weighted by molar-refractivity contribution is 5.75. The van der Waals surface area contributed by atoms with Crippen molar-refractivity contribution in [2.45, 2.75) is 44.9 Å². The van der Waals surface area contributed by atoms with E-state index in [1.54, 1.807) is 12.1 Å². The minimum atomic E-state index is -0.778. The van der Waals surface area contributed by atoms with Crippen LogP contribution in [0.3, 0.4) is 0 Å². The largest absolute Gasteiger partial charge is 0.481 e. The van der Waals surface area contributed by atoms with E-state index >= 15 is 0 Å². The minimum absolute atomic E-state index is 0.00958. The zero-order valence-corrected chi connectivity index (χ0v) is 12.1. The summed E-state index contributed by atoms with van der Waals surface area (Å²) in [7, 11) is 0. The van der Waals surface area contributed by atoms with Crippen LogP contribution < -0.4 is 5.32 Å². The lowest BCUT2D eigenvalue weighted by molar-refractivity contribution is -0.137. The molecule has 0 spiro atoms. The van der Waals surface area contributed by atoms with Gasteiger partial charge in [0.25, 0.3) is 0 Å². The van der Waals surface area contributed by atoms with Crippen LogP contribution >= 0.6 is 0 Å². The van der Waals surface area contributed by atoms with E-state index in [0.29, 0.717) is 19.4 Å². The van der Waals surface area contributed by atoms with Crippen LogP contribution in [0.2, 0.25) is 0 Å². The van der Waals surface area contributed by atoms with Gasteiger partial charge in [0, 0.05) is 19.4 Å². The van der Waals surface area contributed by atoms with Gasteiger partial charge >= 0.3 is 5.97 Å². The second-order valence-electron chi connectivity index (χ2n) is 5.03. The van der Waals surface area contributed by atoms with Gasteiger partial charge < -0.3 is 10.4 Å². The van der Waals surface area contributed by atoms with Crippen molar-refractivity contribution >= 4 is 11.9 Å². The fourth-order valence-corrected chi connectivity index (χ4v) is 2.00. The Bertz CT molecular complexity index is 445. The Hall–Kier alpha value is -1.91. The first-order valence-electron chi connectivity index (χ1n) is 7.31. The molecule has 0 aliphatic rings. The second-order valence-corrected chi connectivity index (χ2v) is 5.03. The van der Waals surface area contributed by atoms with Gasteiger partial charge in [-0.1, -0.05) is 18.6 Å². The van der Waals surface area contributed by atoms with E-state index in [4.69, 9.17) is 5.11 Å². The maximum atomic E-state index is 12.7. The number of carboxylic acids is 1. The number of carbonyl (C=O) groups excluding carboxylic acids is 1. The van der Waals surface area contributed by atoms with Crippen molar-refractivity contribution in [2.24, 2.45) is 0 Å². The van der Waals surface area contributed by atoms with E-state index in [9.17, 15) is 14.0 Å². The number of benzene rings is 1. The van der Waals surface area contributed by atoms with Gasteiger partial charge in [-0.15, -0.1) is 0 Å². The minimum Gasteiger partial charge on any atom is -0.481 e. The molecule has 1 rings (SSSR count). The molecule has 0 aromatic heterocycles. The topological polar surface area (TPSA) is 66.4 Å². The zero-order chi connectivity index (χ0) is 15.5. The van der Waals surface area contributed by atoms with Crippen molar-refractivity contribution < 1.29 is 19.1 Å². The summed E-state index contributed by atoms with van der Waals surface area (Å²) in [6.07, 6.45) is 4.38. The van der Waals surface area contributed by atoms with Crippen molar-refractivity contribution in [3.8, 4) is 0 Å². The fourth-order valence-electron chi connectivity index (χ4n) is 2.00. The third-order valence-corrected chi connectivity index (χ3v) is 3.17. The molecule has 116 valence electrons. The Morgan fingerprint density at radius 3 is 2.38 bits per heavy atom. The number of unbranched alkanes of at least 4 members (excludes halogenated alkanes) is 2. The number of carboxylic acid groups (broad SMARTS) is 1. The first-order valence-corrected chi connectivity index (χ1v) is 7.31. The molecule has 0 saturated heterocycles. The summed E-state index contributed by atoms with van der Waals surface area (Å²) >= 11 is 0. The van der Waals surface area contributed by atoms with Crippen LogP contribution in [-0.2, 0) is 16.0 Å². The molecule has 0 unspecified atom stereocenters. The van der Waals surface area contributed by atoms with E-state index < -0.39 is 5.97 Å². The van der Waals surface area contributed by atoms with Crippen molar-refractivity contribution in [2.75, 3.05) is 6.54 Å². The maximum absolute atomic E-state index is 12.7. The highest BCUT2D eigenvalue weighted by Gasteiger charge is 2.02. The van der Waals surface area contributed by atoms with Gasteiger partial charge in [0.1, 0.15) is 5.82 Å². The quantitative estimate of drug-likeness (QED) is 0.652. The summed E-state index contributed by atoms with van der Waals surface area (Å²) in [5.74, 6) is -1.02. The van der Waals surface area contributed by atoms with Gasteiger partial charge in [-0.05, 0) is 43.4 Å². The molecule has 0 saturated carbocycles. The Balaban J connectivity index is 2.01. The number of rotatable bonds is 10. The highest BCUT2D eigenvalue weighted by atomic mass is 19.1. The molecular formula is C16H22FNO3. The first kappa shape index (κ1) is 17.1. The molecule has 0 heterocycles. The summed E-state index contributed by atoms with van der Waals surface area (Å²) in [5.41, 5.74) is 1.03. The van der Waals surface area contributed by atoms with Gasteiger partial charge in [0.15, 0.2) is 0 Å². The van der Waals surface area contributed by atoms with Crippen molar-refractivity contribution in [3.63, 3.8) is 0 Å². The SMILES string of the molecule is O=C(O)CCCCCNC(=O)CCCc1ccc(F)cc1. The van der Waals surface area contributed by atoms with Gasteiger partial charge in [-0.25, -0.2) is 4.39 Å². The molecule has 0 fully saturated rings. The predicted octanol–water partition coefficient (Wildman–Crippen LogP) is 2.91. The number of aliphatic carboxylic acids is 1. The molecule has 0 bridgehead atoms. The Labute approximate surface area is 124 Å². The number of hydrogen-bond acceptors (Lipinski definition) is 2. The molecule has 5 heteroatoms. The smallest absolute Gasteiger partial charge is 0.303 e. The molecule has 21 heavy (non-hydrogen) atoms. The Morgan fingerprint density at radius 2 is 1.71 bits per heavy atom. The average Bonchev–Trinajstić information content (AvgIpc) is 2.44. The van der Waals surface area contributed by atoms with E-state index in [1.165, 1.54) is 12.1 Å². The highest BCUT2D eigenvalue weighted by Crippen LogP contribution is 2.07. The Morgan fingerprint density at radius 1 is 1.00 bits per heavy atom. The van der Waals surface area contributed by atoms with Crippen LogP contribution in [0.5, 0.6) is 0 Å². The first-order chi connectivity index (χ1) is 10.1. The van der Waals surface area contributed by atoms with Gasteiger partial charge in [-0.3, -0.25) is 9.59 Å². The van der Waals surface area contributed by atoms with Gasteiger partial charge in [0.2, 0.25) is 5.91 Å². The van der Waals surface area contributed by atoms with Crippen LogP contribution in [0.1, 0.15) is 44.1 Å². The summed E-state index contributed by atoms with van der Waals surface area (Å²) in [5, 5.41) is 11.3. The predicted molar refractivity (Wildman–Crippen MR) is 78.5 cm³/mol. The summed E-state index contributed by atoms with van der Waals surface area (Å²) in [6, 6.07) is 6.31. The molecule has 1 aromatic carbocycles. The lowest BCUT2D eigenvalue weighted by Crippen LogP contribution is -2.24. The van der Waals surface area contributed by atoms with Crippen LogP contribution in [-0.4, -0.2) is 23.5 Å². The number of carbonyl (C=O) groups is 2. The van der Waals surface area contributed by atoms with Crippen molar-refractivity contribution in [3.05, 3.63) is 35.6 Å². The van der Waals surface area contributed by atoms with Crippen molar-refractivity contribution in [1.82, 2.24) is 5.32 Å². The molecule has 1 amide bonds. The van der Waals surface area contributed by atoms with E-state index in [-0.39, 0.29) is 18.1 Å². The number of halogens is 1. The lowest BCUT2D eigenvalue weighted by Gasteiger charge is -2.05. The van der Waals surface area contributed by atoms with Crippen LogP contribution in [0.25, 0.3) is 0 Å². The molecule has 4 nitrogen and oxygen atoms in total. The maximum Gasteiger partial charge on any atom is 0.303 e. The summed E-state index contributed by atoms with van der Waals surface area (Å²) < 4.78 is 12.7. The molecule has 0 radical (unpaired) electrons. The van der Waals surface area contributed by atoms with Gasteiger partial charge in [0.05, 0.1) is 0 Å². The molecular weight excluding hydrogens is 273 g/mol. The standard InChI is InChI=1S/C16H22FNO3/c17-14-10-8-13(9-11-14)5-4-6-15(19)18-12-3-1-2-7-16(20)21/h8-11H,1-7,12H2,(H,18,19)(H,20,21). The monoisotopic (exact) mass is 295 g/mol. The second kappa shape index (κ2) is 9.91. The van der Waals surface area contributed by atoms with Crippen molar-refractivity contribution in [1.29, 1.82) is 0 Å². The lowest BCUT2D eigenvalue weighted by atomic mass is 10.1. The summed E-state index contributed by atoms with van der Waals surface area (Å²) in [6.45, 7) is 0.592. The fraction of sp³-hybridized carbons (Fsp3) is 0.500. The molecule has 0 aliphatic heterocycles. The third-order valence-electron chi connectivity index (χ3n) is 3.17. The molecule has 1 aromatic rings. The third kappa shape index (κ3) is 8.78.